The zero-order chi connectivity index (χ0) is 20.8. The summed E-state index contributed by atoms with van der Waals surface area (Å²) in [6, 6.07) is 7.79. The first-order chi connectivity index (χ1) is 13.2. The summed E-state index contributed by atoms with van der Waals surface area (Å²) in [6.07, 6.45) is 0. The van der Waals surface area contributed by atoms with Crippen molar-refractivity contribution in [3.8, 4) is 11.5 Å². The fourth-order valence-corrected chi connectivity index (χ4v) is 2.40. The Morgan fingerprint density at radius 3 is 2.25 bits per heavy atom. The van der Waals surface area contributed by atoms with Crippen LogP contribution in [0.4, 0.5) is 10.1 Å². The number of nitro benzene ring substituents is 1. The lowest BCUT2D eigenvalue weighted by Gasteiger charge is -2.20. The Hall–Kier alpha value is -3.49. The lowest BCUT2D eigenvalue weighted by molar-refractivity contribution is -0.385. The number of benzene rings is 2. The summed E-state index contributed by atoms with van der Waals surface area (Å²) in [5.74, 6) is -1.80. The number of nitrogens with zero attached hydrogens (tertiary/aromatic N) is 1. The van der Waals surface area contributed by atoms with E-state index in [1.165, 1.54) is 43.5 Å². The Morgan fingerprint density at radius 2 is 1.71 bits per heavy atom. The number of nitro groups is 1. The van der Waals surface area contributed by atoms with Gasteiger partial charge in [0.1, 0.15) is 28.9 Å². The highest BCUT2D eigenvalue weighted by molar-refractivity contribution is 6.00. The van der Waals surface area contributed by atoms with Gasteiger partial charge < -0.3 is 14.8 Å². The molecule has 2 aromatic carbocycles. The first-order valence-corrected chi connectivity index (χ1v) is 8.33. The molecule has 0 aliphatic carbocycles. The number of esters is 1. The van der Waals surface area contributed by atoms with Crippen LogP contribution in [0.2, 0.25) is 0 Å². The number of hydrogen-bond donors (Lipinski definition) is 1. The molecule has 8 nitrogen and oxygen atoms in total. The number of halogens is 1. The van der Waals surface area contributed by atoms with E-state index < -0.39 is 34.3 Å². The maximum Gasteiger partial charge on any atom is 0.328 e. The minimum Gasteiger partial charge on any atom is -0.467 e. The average Bonchev–Trinajstić information content (AvgIpc) is 2.66. The molecule has 0 fully saturated rings. The molecular weight excluding hydrogens is 371 g/mol. The maximum atomic E-state index is 13.0. The molecule has 148 valence electrons. The van der Waals surface area contributed by atoms with Gasteiger partial charge in [0, 0.05) is 12.1 Å². The topological polar surface area (TPSA) is 108 Å². The summed E-state index contributed by atoms with van der Waals surface area (Å²) in [5.41, 5.74) is -0.726. The van der Waals surface area contributed by atoms with Crippen molar-refractivity contribution in [2.75, 3.05) is 7.11 Å². The lowest BCUT2D eigenvalue weighted by atomic mass is 10.0. The molecule has 0 radical (unpaired) electrons. The third-order valence-electron chi connectivity index (χ3n) is 3.87. The molecule has 9 heteroatoms. The molecule has 0 aliphatic heterocycles. The molecule has 1 amide bonds. The third kappa shape index (κ3) is 5.03. The van der Waals surface area contributed by atoms with Crippen molar-refractivity contribution < 1.29 is 28.4 Å². The van der Waals surface area contributed by atoms with Gasteiger partial charge in [-0.05, 0) is 36.2 Å². The van der Waals surface area contributed by atoms with E-state index in [4.69, 9.17) is 4.74 Å². The van der Waals surface area contributed by atoms with Gasteiger partial charge in [-0.1, -0.05) is 13.8 Å². The number of carbonyl (C=O) groups is 2. The van der Waals surface area contributed by atoms with E-state index in [9.17, 15) is 24.1 Å². The minimum atomic E-state index is -0.973. The number of rotatable bonds is 7. The molecule has 0 spiro atoms. The molecule has 0 aromatic heterocycles. The largest absolute Gasteiger partial charge is 0.467 e. The van der Waals surface area contributed by atoms with Gasteiger partial charge in [0.25, 0.3) is 11.6 Å². The number of amides is 1. The smallest absolute Gasteiger partial charge is 0.328 e. The van der Waals surface area contributed by atoms with E-state index >= 15 is 0 Å². The van der Waals surface area contributed by atoms with Crippen LogP contribution in [0.25, 0.3) is 0 Å². The van der Waals surface area contributed by atoms with Gasteiger partial charge in [-0.15, -0.1) is 0 Å². The van der Waals surface area contributed by atoms with E-state index in [1.807, 2.05) is 0 Å². The molecule has 0 unspecified atom stereocenters. The van der Waals surface area contributed by atoms with Crippen molar-refractivity contribution in [2.24, 2.45) is 5.92 Å². The summed E-state index contributed by atoms with van der Waals surface area (Å²) in [5, 5.41) is 13.7. The predicted molar refractivity (Wildman–Crippen MR) is 97.7 cm³/mol. The summed E-state index contributed by atoms with van der Waals surface area (Å²) >= 11 is 0. The summed E-state index contributed by atoms with van der Waals surface area (Å²) in [7, 11) is 1.18. The standard InChI is InChI=1S/C19H19FN2O6/c1-11(2)17(19(24)27-3)21-18(23)15-10-14(8-9-16(15)22(25)26)28-13-6-4-12(20)5-7-13/h4-11,17H,1-3H3,(H,21,23)/t17-/m1/s1. The Kier molecular flexibility index (Phi) is 6.64. The summed E-state index contributed by atoms with van der Waals surface area (Å²) in [6.45, 7) is 3.40. The fraction of sp³-hybridized carbons (Fsp3) is 0.263. The third-order valence-corrected chi connectivity index (χ3v) is 3.87. The van der Waals surface area contributed by atoms with Gasteiger partial charge in [-0.25, -0.2) is 9.18 Å². The predicted octanol–water partition coefficient (Wildman–Crippen LogP) is 3.45. The number of carbonyl (C=O) groups excluding carboxylic acids is 2. The lowest BCUT2D eigenvalue weighted by Crippen LogP contribution is -2.45. The van der Waals surface area contributed by atoms with Crippen LogP contribution in [-0.4, -0.2) is 30.0 Å². The molecule has 0 saturated heterocycles. The van der Waals surface area contributed by atoms with E-state index in [2.05, 4.69) is 10.1 Å². The molecule has 0 heterocycles. The molecule has 0 saturated carbocycles. The second kappa shape index (κ2) is 8.94. The minimum absolute atomic E-state index is 0.140. The second-order valence-electron chi connectivity index (χ2n) is 6.21. The zero-order valence-corrected chi connectivity index (χ0v) is 15.5. The molecule has 2 aromatic rings. The average molecular weight is 390 g/mol. The normalized spacial score (nSPS) is 11.6. The Morgan fingerprint density at radius 1 is 1.11 bits per heavy atom. The molecule has 0 aliphatic rings. The molecule has 28 heavy (non-hydrogen) atoms. The van der Waals surface area contributed by atoms with Crippen LogP contribution in [0.3, 0.4) is 0 Å². The Bertz CT molecular complexity index is 882. The van der Waals surface area contributed by atoms with Crippen LogP contribution in [0, 0.1) is 21.8 Å². The monoisotopic (exact) mass is 390 g/mol. The fourth-order valence-electron chi connectivity index (χ4n) is 2.40. The van der Waals surface area contributed by atoms with E-state index in [-0.39, 0.29) is 23.0 Å². The number of nitrogens with one attached hydrogen (secondary N) is 1. The molecular formula is C19H19FN2O6. The highest BCUT2D eigenvalue weighted by Crippen LogP contribution is 2.28. The zero-order valence-electron chi connectivity index (χ0n) is 15.5. The SMILES string of the molecule is COC(=O)[C@H](NC(=O)c1cc(Oc2ccc(F)cc2)ccc1[N+](=O)[O-])C(C)C. The van der Waals surface area contributed by atoms with Gasteiger partial charge in [0.05, 0.1) is 12.0 Å². The van der Waals surface area contributed by atoms with E-state index in [0.717, 1.165) is 6.07 Å². The van der Waals surface area contributed by atoms with Crippen LogP contribution < -0.4 is 10.1 Å². The van der Waals surface area contributed by atoms with Crippen molar-refractivity contribution in [3.63, 3.8) is 0 Å². The number of methoxy groups -OCH3 is 1. The number of ether oxygens (including phenoxy) is 2. The molecule has 1 atom stereocenters. The molecule has 1 N–H and O–H groups in total. The second-order valence-corrected chi connectivity index (χ2v) is 6.21. The van der Waals surface area contributed by atoms with Crippen molar-refractivity contribution in [1.29, 1.82) is 0 Å². The summed E-state index contributed by atoms with van der Waals surface area (Å²) < 4.78 is 23.2. The van der Waals surface area contributed by atoms with Gasteiger partial charge >= 0.3 is 5.97 Å². The molecule has 2 rings (SSSR count). The molecule has 0 bridgehead atoms. The van der Waals surface area contributed by atoms with Crippen LogP contribution >= 0.6 is 0 Å². The van der Waals surface area contributed by atoms with E-state index in [1.54, 1.807) is 13.8 Å². The van der Waals surface area contributed by atoms with Gasteiger partial charge in [0.15, 0.2) is 0 Å². The first-order valence-electron chi connectivity index (χ1n) is 8.33. The van der Waals surface area contributed by atoms with Gasteiger partial charge in [-0.3, -0.25) is 14.9 Å². The van der Waals surface area contributed by atoms with Crippen molar-refractivity contribution in [3.05, 3.63) is 64.0 Å². The van der Waals surface area contributed by atoms with Crippen LogP contribution in [0.5, 0.6) is 11.5 Å². The highest BCUT2D eigenvalue weighted by atomic mass is 19.1. The quantitative estimate of drug-likeness (QED) is 0.441. The van der Waals surface area contributed by atoms with Crippen molar-refractivity contribution in [2.45, 2.75) is 19.9 Å². The van der Waals surface area contributed by atoms with Crippen molar-refractivity contribution >= 4 is 17.6 Å². The first kappa shape index (κ1) is 20.8. The van der Waals surface area contributed by atoms with Gasteiger partial charge in [-0.2, -0.15) is 0 Å². The Balaban J connectivity index is 2.34. The van der Waals surface area contributed by atoms with Crippen molar-refractivity contribution in [1.82, 2.24) is 5.32 Å². The maximum absolute atomic E-state index is 13.0. The highest BCUT2D eigenvalue weighted by Gasteiger charge is 2.29. The van der Waals surface area contributed by atoms with Gasteiger partial charge in [0.2, 0.25) is 0 Å². The van der Waals surface area contributed by atoms with Crippen LogP contribution in [0.1, 0.15) is 24.2 Å². The summed E-state index contributed by atoms with van der Waals surface area (Å²) in [4.78, 5) is 35.1. The number of hydrogen-bond acceptors (Lipinski definition) is 6. The Labute approximate surface area is 160 Å². The van der Waals surface area contributed by atoms with Crippen LogP contribution in [0.15, 0.2) is 42.5 Å². The van der Waals surface area contributed by atoms with E-state index in [0.29, 0.717) is 0 Å². The van der Waals surface area contributed by atoms with Crippen LogP contribution in [-0.2, 0) is 9.53 Å².